The lowest BCUT2D eigenvalue weighted by molar-refractivity contribution is 0.355. The highest BCUT2D eigenvalue weighted by Crippen LogP contribution is 2.35. The summed E-state index contributed by atoms with van der Waals surface area (Å²) in [5.41, 5.74) is 4.74. The minimum Gasteiger partial charge on any atom is -0.493 e. The van der Waals surface area contributed by atoms with Crippen molar-refractivity contribution in [2.75, 3.05) is 14.2 Å². The molecule has 0 aliphatic rings. The number of benzene rings is 2. The van der Waals surface area contributed by atoms with Gasteiger partial charge >= 0.3 is 0 Å². The predicted molar refractivity (Wildman–Crippen MR) is 95.8 cm³/mol. The van der Waals surface area contributed by atoms with Crippen molar-refractivity contribution in [3.8, 4) is 33.9 Å². The summed E-state index contributed by atoms with van der Waals surface area (Å²) in [5.74, 6) is 1.35. The van der Waals surface area contributed by atoms with Crippen LogP contribution in [0, 0.1) is 0 Å². The van der Waals surface area contributed by atoms with E-state index in [2.05, 4.69) is 16.0 Å². The number of ether oxygens (including phenoxy) is 2. The van der Waals surface area contributed by atoms with Crippen LogP contribution in [0.5, 0.6) is 11.5 Å². The lowest BCUT2D eigenvalue weighted by atomic mass is 10.0. The number of fused-ring (bicyclic) bond motifs is 1. The SMILES string of the molecule is COc1ccc(-c2ncnc3ccc(-c4ccoc4)cc23)cc1OC. The zero-order chi connectivity index (χ0) is 17.2. The summed E-state index contributed by atoms with van der Waals surface area (Å²) >= 11 is 0. The van der Waals surface area contributed by atoms with E-state index in [1.54, 1.807) is 33.1 Å². The first-order chi connectivity index (χ1) is 12.3. The second-order valence-corrected chi connectivity index (χ2v) is 5.54. The van der Waals surface area contributed by atoms with Gasteiger partial charge in [0.25, 0.3) is 0 Å². The zero-order valence-electron chi connectivity index (χ0n) is 13.9. The summed E-state index contributed by atoms with van der Waals surface area (Å²) in [6, 6.07) is 13.8. The van der Waals surface area contributed by atoms with Crippen molar-refractivity contribution >= 4 is 10.9 Å². The topological polar surface area (TPSA) is 57.4 Å². The summed E-state index contributed by atoms with van der Waals surface area (Å²) < 4.78 is 15.9. The summed E-state index contributed by atoms with van der Waals surface area (Å²) in [6.07, 6.45) is 4.96. The summed E-state index contributed by atoms with van der Waals surface area (Å²) in [6.45, 7) is 0. The molecule has 2 aromatic heterocycles. The molecule has 0 radical (unpaired) electrons. The number of aromatic nitrogens is 2. The fourth-order valence-corrected chi connectivity index (χ4v) is 2.88. The number of nitrogens with zero attached hydrogens (tertiary/aromatic N) is 2. The van der Waals surface area contributed by atoms with E-state index in [4.69, 9.17) is 13.9 Å². The van der Waals surface area contributed by atoms with Crippen LogP contribution >= 0.6 is 0 Å². The Morgan fingerprint density at radius 1 is 0.800 bits per heavy atom. The van der Waals surface area contributed by atoms with Gasteiger partial charge in [-0.2, -0.15) is 0 Å². The van der Waals surface area contributed by atoms with E-state index < -0.39 is 0 Å². The normalized spacial score (nSPS) is 10.8. The third-order valence-corrected chi connectivity index (χ3v) is 4.15. The Morgan fingerprint density at radius 3 is 2.40 bits per heavy atom. The highest BCUT2D eigenvalue weighted by molar-refractivity contribution is 5.95. The van der Waals surface area contributed by atoms with Gasteiger partial charge in [-0.3, -0.25) is 0 Å². The van der Waals surface area contributed by atoms with Crippen LogP contribution < -0.4 is 9.47 Å². The maximum atomic E-state index is 5.41. The number of hydrogen-bond donors (Lipinski definition) is 0. The highest BCUT2D eigenvalue weighted by atomic mass is 16.5. The molecule has 5 nitrogen and oxygen atoms in total. The van der Waals surface area contributed by atoms with Crippen molar-refractivity contribution in [2.24, 2.45) is 0 Å². The standard InChI is InChI=1S/C20H16N2O3/c1-23-18-6-4-14(10-19(18)24-2)20-16-9-13(15-7-8-25-11-15)3-5-17(16)21-12-22-20/h3-12H,1-2H3. The molecule has 0 amide bonds. The molecule has 124 valence electrons. The Balaban J connectivity index is 1.91. The average molecular weight is 332 g/mol. The molecule has 0 saturated carbocycles. The lowest BCUT2D eigenvalue weighted by Crippen LogP contribution is -1.93. The first kappa shape index (κ1) is 15.2. The molecule has 0 aliphatic carbocycles. The van der Waals surface area contributed by atoms with Crippen molar-refractivity contribution < 1.29 is 13.9 Å². The summed E-state index contributed by atoms with van der Waals surface area (Å²) in [5, 5.41) is 0.966. The molecule has 0 fully saturated rings. The molecule has 2 heterocycles. The van der Waals surface area contributed by atoms with Gasteiger partial charge in [0.15, 0.2) is 11.5 Å². The molecule has 0 bridgehead atoms. The van der Waals surface area contributed by atoms with Gasteiger partial charge < -0.3 is 13.9 Å². The third kappa shape index (κ3) is 2.70. The van der Waals surface area contributed by atoms with Gasteiger partial charge in [0, 0.05) is 16.5 Å². The highest BCUT2D eigenvalue weighted by Gasteiger charge is 2.12. The summed E-state index contributed by atoms with van der Waals surface area (Å²) in [4.78, 5) is 8.88. The first-order valence-electron chi connectivity index (χ1n) is 7.80. The van der Waals surface area contributed by atoms with E-state index in [0.717, 1.165) is 33.3 Å². The van der Waals surface area contributed by atoms with Crippen LogP contribution in [-0.2, 0) is 0 Å². The van der Waals surface area contributed by atoms with Crippen molar-refractivity contribution in [1.29, 1.82) is 0 Å². The van der Waals surface area contributed by atoms with Gasteiger partial charge in [0.05, 0.1) is 38.0 Å². The van der Waals surface area contributed by atoms with Gasteiger partial charge in [-0.1, -0.05) is 6.07 Å². The second-order valence-electron chi connectivity index (χ2n) is 5.54. The lowest BCUT2D eigenvalue weighted by Gasteiger charge is -2.11. The van der Waals surface area contributed by atoms with Crippen LogP contribution in [0.25, 0.3) is 33.3 Å². The van der Waals surface area contributed by atoms with E-state index in [9.17, 15) is 0 Å². The zero-order valence-corrected chi connectivity index (χ0v) is 13.9. The van der Waals surface area contributed by atoms with E-state index in [0.29, 0.717) is 11.5 Å². The monoisotopic (exact) mass is 332 g/mol. The maximum Gasteiger partial charge on any atom is 0.161 e. The number of methoxy groups -OCH3 is 2. The fourth-order valence-electron chi connectivity index (χ4n) is 2.88. The molecule has 25 heavy (non-hydrogen) atoms. The molecule has 0 aliphatic heterocycles. The molecule has 4 rings (SSSR count). The Bertz CT molecular complexity index is 1030. The van der Waals surface area contributed by atoms with Crippen molar-refractivity contribution in [1.82, 2.24) is 9.97 Å². The van der Waals surface area contributed by atoms with E-state index in [-0.39, 0.29) is 0 Å². The number of hydrogen-bond acceptors (Lipinski definition) is 5. The van der Waals surface area contributed by atoms with Gasteiger partial charge in [-0.05, 0) is 42.0 Å². The minimum absolute atomic E-state index is 0.665. The smallest absolute Gasteiger partial charge is 0.161 e. The molecule has 4 aromatic rings. The molecule has 0 spiro atoms. The fraction of sp³-hybridized carbons (Fsp3) is 0.100. The molecule has 0 N–H and O–H groups in total. The van der Waals surface area contributed by atoms with Crippen LogP contribution in [0.2, 0.25) is 0 Å². The van der Waals surface area contributed by atoms with Crippen LogP contribution in [0.1, 0.15) is 0 Å². The van der Waals surface area contributed by atoms with E-state index in [1.165, 1.54) is 0 Å². The van der Waals surface area contributed by atoms with Crippen LogP contribution in [0.4, 0.5) is 0 Å². The molecular weight excluding hydrogens is 316 g/mol. The van der Waals surface area contributed by atoms with E-state index in [1.807, 2.05) is 36.4 Å². The quantitative estimate of drug-likeness (QED) is 0.548. The molecule has 0 saturated heterocycles. The number of rotatable bonds is 4. The van der Waals surface area contributed by atoms with Gasteiger partial charge in [-0.15, -0.1) is 0 Å². The van der Waals surface area contributed by atoms with Gasteiger partial charge in [-0.25, -0.2) is 9.97 Å². The Morgan fingerprint density at radius 2 is 1.64 bits per heavy atom. The molecule has 0 atom stereocenters. The maximum absolute atomic E-state index is 5.41. The summed E-state index contributed by atoms with van der Waals surface area (Å²) in [7, 11) is 3.24. The van der Waals surface area contributed by atoms with Crippen molar-refractivity contribution in [3.63, 3.8) is 0 Å². The average Bonchev–Trinajstić information content (AvgIpc) is 3.21. The van der Waals surface area contributed by atoms with E-state index >= 15 is 0 Å². The molecule has 5 heteroatoms. The van der Waals surface area contributed by atoms with Crippen LogP contribution in [0.3, 0.4) is 0 Å². The van der Waals surface area contributed by atoms with Crippen molar-refractivity contribution in [2.45, 2.75) is 0 Å². The molecule has 2 aromatic carbocycles. The van der Waals surface area contributed by atoms with Crippen LogP contribution in [0.15, 0.2) is 65.7 Å². The third-order valence-electron chi connectivity index (χ3n) is 4.15. The van der Waals surface area contributed by atoms with Crippen molar-refractivity contribution in [3.05, 3.63) is 61.3 Å². The second kappa shape index (κ2) is 6.28. The molecule has 0 unspecified atom stereocenters. The predicted octanol–water partition coefficient (Wildman–Crippen LogP) is 4.57. The van der Waals surface area contributed by atoms with Gasteiger partial charge in [0.1, 0.15) is 6.33 Å². The Kier molecular flexibility index (Phi) is 3.82. The molecular formula is C20H16N2O3. The van der Waals surface area contributed by atoms with Crippen LogP contribution in [-0.4, -0.2) is 24.2 Å². The van der Waals surface area contributed by atoms with Gasteiger partial charge in [0.2, 0.25) is 0 Å². The Labute approximate surface area is 144 Å². The minimum atomic E-state index is 0.665. The largest absolute Gasteiger partial charge is 0.493 e. The first-order valence-corrected chi connectivity index (χ1v) is 7.80. The Hall–Kier alpha value is -3.34. The number of furan rings is 1.